The summed E-state index contributed by atoms with van der Waals surface area (Å²) in [6.07, 6.45) is 3.71. The quantitative estimate of drug-likeness (QED) is 0.778. The Bertz CT molecular complexity index is 387. The van der Waals surface area contributed by atoms with Gasteiger partial charge in [0.2, 0.25) is 5.91 Å². The molecule has 1 rings (SSSR count). The fourth-order valence-corrected chi connectivity index (χ4v) is 1.17. The summed E-state index contributed by atoms with van der Waals surface area (Å²) in [4.78, 5) is 11.4. The van der Waals surface area contributed by atoms with Crippen LogP contribution in [0.5, 0.6) is 0 Å². The van der Waals surface area contributed by atoms with E-state index < -0.39 is 0 Å². The van der Waals surface area contributed by atoms with Gasteiger partial charge in [0, 0.05) is 17.7 Å². The van der Waals surface area contributed by atoms with E-state index in [0.717, 1.165) is 6.42 Å². The zero-order valence-corrected chi connectivity index (χ0v) is 9.53. The van der Waals surface area contributed by atoms with Crippen molar-refractivity contribution in [3.63, 3.8) is 0 Å². The second kappa shape index (κ2) is 6.05. The molecule has 0 aliphatic carbocycles. The molecule has 0 aromatic heterocycles. The maximum atomic E-state index is 13.2. The van der Waals surface area contributed by atoms with E-state index in [4.69, 9.17) is 0 Å². The largest absolute Gasteiger partial charge is 0.350 e. The summed E-state index contributed by atoms with van der Waals surface area (Å²) in [5.41, 5.74) is 0.418. The van der Waals surface area contributed by atoms with Gasteiger partial charge in [-0.2, -0.15) is 0 Å². The zero-order chi connectivity index (χ0) is 12.0. The van der Waals surface area contributed by atoms with E-state index in [1.54, 1.807) is 18.2 Å². The number of rotatable bonds is 4. The Hall–Kier alpha value is -1.64. The Morgan fingerprint density at radius 3 is 2.81 bits per heavy atom. The first-order valence-corrected chi connectivity index (χ1v) is 5.36. The van der Waals surface area contributed by atoms with Crippen molar-refractivity contribution in [2.45, 2.75) is 26.3 Å². The van der Waals surface area contributed by atoms with Gasteiger partial charge < -0.3 is 5.32 Å². The molecule has 0 saturated heterocycles. The fraction of sp³-hybridized carbons (Fsp3) is 0.308. The maximum Gasteiger partial charge on any atom is 0.244 e. The molecular formula is C13H16FNO. The zero-order valence-electron chi connectivity index (χ0n) is 9.53. The van der Waals surface area contributed by atoms with Gasteiger partial charge in [-0.05, 0) is 25.5 Å². The van der Waals surface area contributed by atoms with E-state index >= 15 is 0 Å². The van der Waals surface area contributed by atoms with Crippen molar-refractivity contribution in [2.75, 3.05) is 0 Å². The molecule has 1 unspecified atom stereocenters. The fourth-order valence-electron chi connectivity index (χ4n) is 1.17. The molecule has 1 aromatic carbocycles. The van der Waals surface area contributed by atoms with Gasteiger partial charge in [-0.25, -0.2) is 4.39 Å². The molecule has 0 heterocycles. The Morgan fingerprint density at radius 2 is 2.19 bits per heavy atom. The molecule has 0 fully saturated rings. The maximum absolute atomic E-state index is 13.2. The van der Waals surface area contributed by atoms with Gasteiger partial charge in [-0.3, -0.25) is 4.79 Å². The highest BCUT2D eigenvalue weighted by Crippen LogP contribution is 2.07. The van der Waals surface area contributed by atoms with E-state index in [2.05, 4.69) is 5.32 Å². The first-order chi connectivity index (χ1) is 7.63. The van der Waals surface area contributed by atoms with Crippen LogP contribution in [-0.4, -0.2) is 11.9 Å². The summed E-state index contributed by atoms with van der Waals surface area (Å²) in [5.74, 6) is -0.521. The minimum Gasteiger partial charge on any atom is -0.350 e. The van der Waals surface area contributed by atoms with E-state index in [-0.39, 0.29) is 17.8 Å². The predicted octanol–water partition coefficient (Wildman–Crippen LogP) is 2.75. The van der Waals surface area contributed by atoms with Crippen LogP contribution in [0.1, 0.15) is 25.8 Å². The highest BCUT2D eigenvalue weighted by Gasteiger charge is 2.01. The first-order valence-electron chi connectivity index (χ1n) is 5.36. The van der Waals surface area contributed by atoms with E-state index in [1.807, 2.05) is 13.8 Å². The van der Waals surface area contributed by atoms with E-state index in [9.17, 15) is 9.18 Å². The average molecular weight is 221 g/mol. The van der Waals surface area contributed by atoms with Gasteiger partial charge in [0.25, 0.3) is 0 Å². The lowest BCUT2D eigenvalue weighted by Crippen LogP contribution is -2.30. The normalized spacial score (nSPS) is 12.7. The van der Waals surface area contributed by atoms with Gasteiger partial charge in [0.15, 0.2) is 0 Å². The van der Waals surface area contributed by atoms with Gasteiger partial charge in [-0.15, -0.1) is 0 Å². The highest BCUT2D eigenvalue weighted by atomic mass is 19.1. The second-order valence-electron chi connectivity index (χ2n) is 3.67. The van der Waals surface area contributed by atoms with Crippen molar-refractivity contribution in [3.05, 3.63) is 41.7 Å². The van der Waals surface area contributed by atoms with Crippen LogP contribution < -0.4 is 5.32 Å². The number of amides is 1. The van der Waals surface area contributed by atoms with Crippen LogP contribution in [-0.2, 0) is 4.79 Å². The van der Waals surface area contributed by atoms with Crippen LogP contribution in [0.25, 0.3) is 6.08 Å². The van der Waals surface area contributed by atoms with Crippen LogP contribution in [0.4, 0.5) is 4.39 Å². The van der Waals surface area contributed by atoms with Gasteiger partial charge in [-0.1, -0.05) is 25.1 Å². The summed E-state index contributed by atoms with van der Waals surface area (Å²) in [6.45, 7) is 3.92. The molecule has 2 nitrogen and oxygen atoms in total. The smallest absolute Gasteiger partial charge is 0.244 e. The minimum atomic E-state index is -0.324. The van der Waals surface area contributed by atoms with Crippen molar-refractivity contribution in [2.24, 2.45) is 0 Å². The van der Waals surface area contributed by atoms with Crippen LogP contribution in [0.15, 0.2) is 30.3 Å². The molecule has 16 heavy (non-hydrogen) atoms. The van der Waals surface area contributed by atoms with Crippen molar-refractivity contribution in [3.8, 4) is 0 Å². The average Bonchev–Trinajstić information content (AvgIpc) is 2.28. The number of carbonyl (C=O) groups is 1. The van der Waals surface area contributed by atoms with Gasteiger partial charge >= 0.3 is 0 Å². The summed E-state index contributed by atoms with van der Waals surface area (Å²) < 4.78 is 13.2. The van der Waals surface area contributed by atoms with Gasteiger partial charge in [0.1, 0.15) is 5.82 Å². The number of carbonyl (C=O) groups excluding carboxylic acids is 1. The van der Waals surface area contributed by atoms with E-state index in [1.165, 1.54) is 18.2 Å². The molecule has 0 aliphatic rings. The van der Waals surface area contributed by atoms with Crippen LogP contribution >= 0.6 is 0 Å². The van der Waals surface area contributed by atoms with Crippen molar-refractivity contribution < 1.29 is 9.18 Å². The first kappa shape index (κ1) is 12.4. The third-order valence-electron chi connectivity index (χ3n) is 2.32. The monoisotopic (exact) mass is 221 g/mol. The number of halogens is 1. The van der Waals surface area contributed by atoms with Gasteiger partial charge in [0.05, 0.1) is 0 Å². The molecule has 1 atom stereocenters. The summed E-state index contributed by atoms with van der Waals surface area (Å²) >= 11 is 0. The summed E-state index contributed by atoms with van der Waals surface area (Å²) in [7, 11) is 0. The molecule has 0 aliphatic heterocycles. The molecule has 0 radical (unpaired) electrons. The Balaban J connectivity index is 2.60. The lowest BCUT2D eigenvalue weighted by Gasteiger charge is -2.08. The lowest BCUT2D eigenvalue weighted by molar-refractivity contribution is -0.117. The minimum absolute atomic E-state index is 0.137. The Labute approximate surface area is 95.2 Å². The van der Waals surface area contributed by atoms with Crippen LogP contribution in [0.3, 0.4) is 0 Å². The molecule has 1 amide bonds. The van der Waals surface area contributed by atoms with E-state index in [0.29, 0.717) is 5.56 Å². The molecule has 3 heteroatoms. The standard InChI is InChI=1S/C13H16FNO/c1-3-10(2)15-13(16)9-8-11-6-4-5-7-12(11)14/h4-10H,3H2,1-2H3,(H,15,16)/b9-8+. The molecule has 0 saturated carbocycles. The van der Waals surface area contributed by atoms with Crippen molar-refractivity contribution in [1.82, 2.24) is 5.32 Å². The number of benzene rings is 1. The molecule has 1 N–H and O–H groups in total. The number of hydrogen-bond acceptors (Lipinski definition) is 1. The third kappa shape index (κ3) is 3.85. The van der Waals surface area contributed by atoms with Crippen molar-refractivity contribution in [1.29, 1.82) is 0 Å². The molecule has 1 aromatic rings. The molecule has 86 valence electrons. The molecule has 0 spiro atoms. The third-order valence-corrected chi connectivity index (χ3v) is 2.32. The van der Waals surface area contributed by atoms with Crippen molar-refractivity contribution >= 4 is 12.0 Å². The number of nitrogens with one attached hydrogen (secondary N) is 1. The Morgan fingerprint density at radius 1 is 1.50 bits per heavy atom. The topological polar surface area (TPSA) is 29.1 Å². The second-order valence-corrected chi connectivity index (χ2v) is 3.67. The summed E-state index contributed by atoms with van der Waals surface area (Å²) in [5, 5.41) is 2.77. The van der Waals surface area contributed by atoms with Crippen LogP contribution in [0.2, 0.25) is 0 Å². The number of hydrogen-bond donors (Lipinski definition) is 1. The summed E-state index contributed by atoms with van der Waals surface area (Å²) in [6, 6.07) is 6.48. The predicted molar refractivity (Wildman–Crippen MR) is 63.3 cm³/mol. The lowest BCUT2D eigenvalue weighted by atomic mass is 10.2. The highest BCUT2D eigenvalue weighted by molar-refractivity contribution is 5.91. The van der Waals surface area contributed by atoms with Crippen LogP contribution in [0, 0.1) is 5.82 Å². The molecule has 0 bridgehead atoms. The SMILES string of the molecule is CCC(C)NC(=O)/C=C/c1ccccc1F. The Kier molecular flexibility index (Phi) is 4.70. The molecular weight excluding hydrogens is 205 g/mol.